The van der Waals surface area contributed by atoms with E-state index in [9.17, 15) is 4.79 Å². The Hall–Kier alpha value is -1.72. The Balaban J connectivity index is 3.17. The van der Waals surface area contributed by atoms with Crippen LogP contribution in [0.1, 0.15) is 10.5 Å². The van der Waals surface area contributed by atoms with E-state index >= 15 is 0 Å². The smallest absolute Gasteiger partial charge is 0.357 e. The lowest BCUT2D eigenvalue weighted by Crippen LogP contribution is -1.96. The molecule has 0 atom stereocenters. The monoisotopic (exact) mass is 143 g/mol. The second-order valence-electron chi connectivity index (χ2n) is 1.64. The van der Waals surface area contributed by atoms with Crippen LogP contribution in [0.4, 0.5) is 5.82 Å². The Morgan fingerprint density at radius 1 is 1.70 bits per heavy atom. The van der Waals surface area contributed by atoms with Crippen LogP contribution in [0, 0.1) is 0 Å². The van der Waals surface area contributed by atoms with E-state index in [-0.39, 0.29) is 5.82 Å². The first-order valence-corrected chi connectivity index (χ1v) is 2.39. The molecule has 0 fully saturated rings. The topological polar surface area (TPSA) is 112 Å². The van der Waals surface area contributed by atoms with Crippen molar-refractivity contribution in [1.29, 1.82) is 0 Å². The lowest BCUT2D eigenvalue weighted by molar-refractivity contribution is 0.0687. The van der Waals surface area contributed by atoms with Gasteiger partial charge < -0.3 is 15.9 Å². The van der Waals surface area contributed by atoms with Crippen LogP contribution in [0.25, 0.3) is 0 Å². The molecule has 1 heterocycles. The summed E-state index contributed by atoms with van der Waals surface area (Å²) >= 11 is 0. The number of rotatable bonds is 1. The summed E-state index contributed by atoms with van der Waals surface area (Å²) in [4.78, 5) is 10.1. The van der Waals surface area contributed by atoms with Crippen molar-refractivity contribution in [2.75, 3.05) is 5.73 Å². The minimum Gasteiger partial charge on any atom is -0.503 e. The van der Waals surface area contributed by atoms with Gasteiger partial charge in [0.05, 0.1) is 0 Å². The first-order chi connectivity index (χ1) is 4.63. The van der Waals surface area contributed by atoms with Gasteiger partial charge in [0, 0.05) is 0 Å². The number of H-pyrrole nitrogens is 1. The standard InChI is InChI=1S/C4H5N3O3/c5-3-2(8)1(4(9)10)6-7-3/h8H,(H,9,10)(H3,5,6,7). The van der Waals surface area contributed by atoms with Gasteiger partial charge in [-0.1, -0.05) is 0 Å². The van der Waals surface area contributed by atoms with Gasteiger partial charge in [0.1, 0.15) is 0 Å². The van der Waals surface area contributed by atoms with Crippen molar-refractivity contribution in [3.05, 3.63) is 5.69 Å². The molecule has 1 aromatic heterocycles. The number of nitrogens with one attached hydrogen (secondary N) is 1. The summed E-state index contributed by atoms with van der Waals surface area (Å²) in [5, 5.41) is 22.4. The SMILES string of the molecule is Nc1n[nH]c(C(=O)O)c1O. The molecule has 0 unspecified atom stereocenters. The van der Waals surface area contributed by atoms with Crippen molar-refractivity contribution in [1.82, 2.24) is 10.2 Å². The highest BCUT2D eigenvalue weighted by atomic mass is 16.4. The number of aromatic nitrogens is 2. The predicted molar refractivity (Wildman–Crippen MR) is 31.6 cm³/mol. The van der Waals surface area contributed by atoms with Gasteiger partial charge in [-0.25, -0.2) is 4.79 Å². The van der Waals surface area contributed by atoms with Crippen LogP contribution >= 0.6 is 0 Å². The molecule has 1 rings (SSSR count). The molecule has 0 aliphatic carbocycles. The zero-order valence-corrected chi connectivity index (χ0v) is 4.83. The number of carbonyl (C=O) groups is 1. The van der Waals surface area contributed by atoms with Crippen LogP contribution in [0.15, 0.2) is 0 Å². The molecule has 0 radical (unpaired) electrons. The fourth-order valence-electron chi connectivity index (χ4n) is 0.499. The van der Waals surface area contributed by atoms with Gasteiger partial charge in [-0.2, -0.15) is 5.10 Å². The number of anilines is 1. The summed E-state index contributed by atoms with van der Waals surface area (Å²) in [7, 11) is 0. The first kappa shape index (κ1) is 6.40. The number of hydrogen-bond donors (Lipinski definition) is 4. The maximum Gasteiger partial charge on any atom is 0.357 e. The van der Waals surface area contributed by atoms with Gasteiger partial charge >= 0.3 is 5.97 Å². The van der Waals surface area contributed by atoms with Gasteiger partial charge in [0.15, 0.2) is 17.3 Å². The summed E-state index contributed by atoms with van der Waals surface area (Å²) in [5.74, 6) is -2.02. The molecule has 0 aliphatic rings. The normalized spacial score (nSPS) is 9.60. The van der Waals surface area contributed by atoms with Crippen LogP contribution in [0.3, 0.4) is 0 Å². The maximum atomic E-state index is 10.1. The molecule has 0 aromatic carbocycles. The Kier molecular flexibility index (Phi) is 1.22. The summed E-state index contributed by atoms with van der Waals surface area (Å²) < 4.78 is 0. The van der Waals surface area contributed by atoms with Gasteiger partial charge in [0.2, 0.25) is 0 Å². The molecule has 0 spiro atoms. The van der Waals surface area contributed by atoms with E-state index in [1.807, 2.05) is 5.10 Å². The van der Waals surface area contributed by atoms with Crippen molar-refractivity contribution >= 4 is 11.8 Å². The number of aromatic hydroxyl groups is 1. The lowest BCUT2D eigenvalue weighted by Gasteiger charge is -1.86. The number of aromatic carboxylic acids is 1. The Labute approximate surface area is 55.3 Å². The average molecular weight is 143 g/mol. The third-order valence-electron chi connectivity index (χ3n) is 0.981. The molecule has 0 aliphatic heterocycles. The third-order valence-corrected chi connectivity index (χ3v) is 0.981. The molecule has 6 heteroatoms. The molecule has 0 saturated carbocycles. The number of nitrogens with two attached hydrogens (primary N) is 1. The minimum atomic E-state index is -1.29. The minimum absolute atomic E-state index is 0.211. The molecule has 54 valence electrons. The summed E-state index contributed by atoms with van der Waals surface area (Å²) in [5.41, 5.74) is 4.63. The molecule has 5 N–H and O–H groups in total. The van der Waals surface area contributed by atoms with Crippen LogP contribution in [0.5, 0.6) is 5.75 Å². The van der Waals surface area contributed by atoms with Crippen molar-refractivity contribution in [2.24, 2.45) is 0 Å². The Bertz CT molecular complexity index is 267. The highest BCUT2D eigenvalue weighted by Crippen LogP contribution is 2.20. The molecule has 6 nitrogen and oxygen atoms in total. The van der Waals surface area contributed by atoms with Gasteiger partial charge in [-0.3, -0.25) is 5.10 Å². The van der Waals surface area contributed by atoms with E-state index in [2.05, 4.69) is 5.10 Å². The van der Waals surface area contributed by atoms with Crippen LogP contribution in [-0.4, -0.2) is 26.4 Å². The number of carboxylic acids is 1. The van der Waals surface area contributed by atoms with Crippen molar-refractivity contribution in [2.45, 2.75) is 0 Å². The van der Waals surface area contributed by atoms with Crippen molar-refractivity contribution in [3.63, 3.8) is 0 Å². The highest BCUT2D eigenvalue weighted by Gasteiger charge is 2.14. The van der Waals surface area contributed by atoms with Crippen molar-refractivity contribution < 1.29 is 15.0 Å². The van der Waals surface area contributed by atoms with Gasteiger partial charge in [0.25, 0.3) is 0 Å². The van der Waals surface area contributed by atoms with Crippen LogP contribution in [0.2, 0.25) is 0 Å². The second-order valence-corrected chi connectivity index (χ2v) is 1.64. The van der Waals surface area contributed by atoms with Gasteiger partial charge in [-0.15, -0.1) is 0 Å². The molecular weight excluding hydrogens is 138 g/mol. The number of carboxylic acid groups (broad SMARTS) is 1. The number of hydrogen-bond acceptors (Lipinski definition) is 4. The number of nitrogens with zero attached hydrogens (tertiary/aromatic N) is 1. The van der Waals surface area contributed by atoms with Crippen LogP contribution < -0.4 is 5.73 Å². The Morgan fingerprint density at radius 3 is 2.50 bits per heavy atom. The molecule has 1 aromatic rings. The van der Waals surface area contributed by atoms with E-state index in [1.165, 1.54) is 0 Å². The number of aromatic amines is 1. The lowest BCUT2D eigenvalue weighted by atomic mass is 10.4. The quantitative estimate of drug-likeness (QED) is 0.419. The fourth-order valence-corrected chi connectivity index (χ4v) is 0.499. The largest absolute Gasteiger partial charge is 0.503 e. The zero-order chi connectivity index (χ0) is 7.72. The fraction of sp³-hybridized carbons (Fsp3) is 0. The molecule has 0 saturated heterocycles. The summed E-state index contributed by atoms with van der Waals surface area (Å²) in [6.07, 6.45) is 0. The van der Waals surface area contributed by atoms with E-state index in [1.54, 1.807) is 0 Å². The highest BCUT2D eigenvalue weighted by molar-refractivity contribution is 5.90. The molecule has 0 bridgehead atoms. The molecule has 10 heavy (non-hydrogen) atoms. The van der Waals surface area contributed by atoms with E-state index < -0.39 is 17.4 Å². The summed E-state index contributed by atoms with van der Waals surface area (Å²) in [6.45, 7) is 0. The van der Waals surface area contributed by atoms with Crippen LogP contribution in [-0.2, 0) is 0 Å². The van der Waals surface area contributed by atoms with Crippen molar-refractivity contribution in [3.8, 4) is 5.75 Å². The van der Waals surface area contributed by atoms with E-state index in [4.69, 9.17) is 15.9 Å². The zero-order valence-electron chi connectivity index (χ0n) is 4.83. The summed E-state index contributed by atoms with van der Waals surface area (Å²) in [6, 6.07) is 0. The average Bonchev–Trinajstić information content (AvgIpc) is 2.14. The molecular formula is C4H5N3O3. The predicted octanol–water partition coefficient (Wildman–Crippen LogP) is -0.604. The first-order valence-electron chi connectivity index (χ1n) is 2.39. The molecule has 0 amide bonds. The van der Waals surface area contributed by atoms with Gasteiger partial charge in [-0.05, 0) is 0 Å². The second kappa shape index (κ2) is 1.90. The third kappa shape index (κ3) is 0.750. The Morgan fingerprint density at radius 2 is 2.30 bits per heavy atom. The van der Waals surface area contributed by atoms with E-state index in [0.29, 0.717) is 0 Å². The maximum absolute atomic E-state index is 10.1. The number of nitrogen functional groups attached to an aromatic ring is 1. The van der Waals surface area contributed by atoms with E-state index in [0.717, 1.165) is 0 Å².